The third-order valence-corrected chi connectivity index (χ3v) is 2.85. The van der Waals surface area contributed by atoms with E-state index in [1.807, 2.05) is 30.5 Å². The molecule has 4 nitrogen and oxygen atoms in total. The number of fused-ring (bicyclic) bond motifs is 1. The molecule has 0 saturated heterocycles. The highest BCUT2D eigenvalue weighted by molar-refractivity contribution is 6.02. The van der Waals surface area contributed by atoms with Crippen LogP contribution in [0, 0.1) is 0 Å². The number of hydrogen-bond acceptors (Lipinski definition) is 2. The van der Waals surface area contributed by atoms with Gasteiger partial charge < -0.3 is 14.8 Å². The highest BCUT2D eigenvalue weighted by atomic mass is 16.4. The van der Waals surface area contributed by atoms with Crippen molar-refractivity contribution in [3.8, 4) is 0 Å². The summed E-state index contributed by atoms with van der Waals surface area (Å²) in [5.74, 6) is -0.944. The van der Waals surface area contributed by atoms with Gasteiger partial charge in [-0.15, -0.1) is 0 Å². The fourth-order valence-corrected chi connectivity index (χ4v) is 2.22. The summed E-state index contributed by atoms with van der Waals surface area (Å²) in [5.41, 5.74) is 1.69. The highest BCUT2D eigenvalue weighted by Gasteiger charge is 2.17. The predicted molar refractivity (Wildman–Crippen MR) is 65.2 cm³/mol. The van der Waals surface area contributed by atoms with Crippen LogP contribution in [0.15, 0.2) is 24.3 Å². The minimum Gasteiger partial charge on any atom is -0.478 e. The van der Waals surface area contributed by atoms with E-state index in [0.717, 1.165) is 11.1 Å². The topological polar surface area (TPSA) is 62.5 Å². The molecule has 90 valence electrons. The fraction of sp³-hybridized carbons (Fsp3) is 0.308. The van der Waals surface area contributed by atoms with E-state index in [1.54, 1.807) is 12.1 Å². The SMILES string of the molecule is CC(C)n1c(CO)cc2cccc(C(=O)O)c21. The number of nitrogens with zero attached hydrogens (tertiary/aromatic N) is 1. The molecule has 0 aliphatic carbocycles. The number of aromatic carboxylic acids is 1. The Bertz CT molecular complexity index is 569. The number of para-hydroxylation sites is 1. The minimum absolute atomic E-state index is 0.0914. The molecule has 0 atom stereocenters. The summed E-state index contributed by atoms with van der Waals surface area (Å²) in [6.07, 6.45) is 0. The maximum Gasteiger partial charge on any atom is 0.337 e. The first-order chi connectivity index (χ1) is 8.06. The van der Waals surface area contributed by atoms with Crippen LogP contribution in [-0.4, -0.2) is 20.7 Å². The first-order valence-electron chi connectivity index (χ1n) is 5.53. The Hall–Kier alpha value is -1.81. The molecular weight excluding hydrogens is 218 g/mol. The number of rotatable bonds is 3. The lowest BCUT2D eigenvalue weighted by molar-refractivity contribution is 0.0698. The van der Waals surface area contributed by atoms with Crippen LogP contribution >= 0.6 is 0 Å². The van der Waals surface area contributed by atoms with E-state index >= 15 is 0 Å². The standard InChI is InChI=1S/C13H15NO3/c1-8(2)14-10(7-15)6-9-4-3-5-11(12(9)14)13(16)17/h3-6,8,15H,7H2,1-2H3,(H,16,17). The van der Waals surface area contributed by atoms with Gasteiger partial charge >= 0.3 is 5.97 Å². The van der Waals surface area contributed by atoms with Gasteiger partial charge in [-0.05, 0) is 26.0 Å². The van der Waals surface area contributed by atoms with Crippen LogP contribution in [0.3, 0.4) is 0 Å². The summed E-state index contributed by atoms with van der Waals surface area (Å²) in [7, 11) is 0. The van der Waals surface area contributed by atoms with E-state index in [-0.39, 0.29) is 18.2 Å². The Kier molecular flexibility index (Phi) is 2.90. The smallest absolute Gasteiger partial charge is 0.337 e. The molecule has 17 heavy (non-hydrogen) atoms. The molecule has 2 aromatic rings. The van der Waals surface area contributed by atoms with Crippen molar-refractivity contribution in [2.24, 2.45) is 0 Å². The number of hydrogen-bond donors (Lipinski definition) is 2. The number of aliphatic hydroxyl groups is 1. The molecule has 2 N–H and O–H groups in total. The maximum absolute atomic E-state index is 11.2. The number of carboxylic acid groups (broad SMARTS) is 1. The zero-order valence-corrected chi connectivity index (χ0v) is 9.84. The Morgan fingerprint density at radius 3 is 2.65 bits per heavy atom. The third-order valence-electron chi connectivity index (χ3n) is 2.85. The minimum atomic E-state index is -0.944. The van der Waals surface area contributed by atoms with E-state index < -0.39 is 5.97 Å². The summed E-state index contributed by atoms with van der Waals surface area (Å²) >= 11 is 0. The first-order valence-corrected chi connectivity index (χ1v) is 5.53. The molecule has 1 heterocycles. The first kappa shape index (κ1) is 11.7. The molecule has 0 aliphatic heterocycles. The molecule has 0 aliphatic rings. The maximum atomic E-state index is 11.2. The van der Waals surface area contributed by atoms with Gasteiger partial charge in [-0.3, -0.25) is 0 Å². The van der Waals surface area contributed by atoms with Crippen molar-refractivity contribution in [3.63, 3.8) is 0 Å². The molecule has 0 saturated carbocycles. The van der Waals surface area contributed by atoms with Crippen LogP contribution in [0.4, 0.5) is 0 Å². The molecule has 0 amide bonds. The van der Waals surface area contributed by atoms with E-state index in [0.29, 0.717) is 5.52 Å². The zero-order chi connectivity index (χ0) is 12.6. The molecule has 4 heteroatoms. The second kappa shape index (κ2) is 4.22. The highest BCUT2D eigenvalue weighted by Crippen LogP contribution is 2.27. The van der Waals surface area contributed by atoms with Gasteiger partial charge in [-0.1, -0.05) is 12.1 Å². The van der Waals surface area contributed by atoms with Gasteiger partial charge in [0.15, 0.2) is 0 Å². The molecule has 0 unspecified atom stereocenters. The van der Waals surface area contributed by atoms with Crippen molar-refractivity contribution in [2.75, 3.05) is 0 Å². The average molecular weight is 233 g/mol. The number of aliphatic hydroxyl groups excluding tert-OH is 1. The molecule has 0 fully saturated rings. The second-order valence-corrected chi connectivity index (χ2v) is 4.31. The van der Waals surface area contributed by atoms with Crippen LogP contribution in [0.25, 0.3) is 10.9 Å². The Balaban J connectivity index is 2.86. The molecule has 1 aromatic heterocycles. The second-order valence-electron chi connectivity index (χ2n) is 4.31. The molecule has 0 spiro atoms. The lowest BCUT2D eigenvalue weighted by atomic mass is 10.1. The van der Waals surface area contributed by atoms with Crippen molar-refractivity contribution in [1.29, 1.82) is 0 Å². The normalized spacial score (nSPS) is 11.3. The molecule has 2 rings (SSSR count). The van der Waals surface area contributed by atoms with Crippen molar-refractivity contribution in [1.82, 2.24) is 4.57 Å². The number of aromatic nitrogens is 1. The third kappa shape index (κ3) is 1.80. The lowest BCUT2D eigenvalue weighted by Gasteiger charge is -2.14. The quantitative estimate of drug-likeness (QED) is 0.855. The predicted octanol–water partition coefficient (Wildman–Crippen LogP) is 2.41. The van der Waals surface area contributed by atoms with Crippen LogP contribution < -0.4 is 0 Å². The Morgan fingerprint density at radius 1 is 1.41 bits per heavy atom. The van der Waals surface area contributed by atoms with Gasteiger partial charge in [0.25, 0.3) is 0 Å². The molecule has 0 bridgehead atoms. The van der Waals surface area contributed by atoms with Crippen LogP contribution in [-0.2, 0) is 6.61 Å². The molecule has 0 radical (unpaired) electrons. The van der Waals surface area contributed by atoms with Gasteiger partial charge in [-0.2, -0.15) is 0 Å². The summed E-state index contributed by atoms with van der Waals surface area (Å²) < 4.78 is 1.87. The summed E-state index contributed by atoms with van der Waals surface area (Å²) in [6, 6.07) is 7.11. The van der Waals surface area contributed by atoms with Gasteiger partial charge in [-0.25, -0.2) is 4.79 Å². The van der Waals surface area contributed by atoms with Crippen LogP contribution in [0.2, 0.25) is 0 Å². The lowest BCUT2D eigenvalue weighted by Crippen LogP contribution is -2.08. The van der Waals surface area contributed by atoms with E-state index in [1.165, 1.54) is 0 Å². The fourth-order valence-electron chi connectivity index (χ4n) is 2.22. The average Bonchev–Trinajstić information content (AvgIpc) is 2.66. The van der Waals surface area contributed by atoms with Crippen molar-refractivity contribution >= 4 is 16.9 Å². The van der Waals surface area contributed by atoms with Crippen molar-refractivity contribution < 1.29 is 15.0 Å². The Morgan fingerprint density at radius 2 is 2.12 bits per heavy atom. The van der Waals surface area contributed by atoms with E-state index in [2.05, 4.69) is 0 Å². The van der Waals surface area contributed by atoms with Gasteiger partial charge in [0.1, 0.15) is 0 Å². The van der Waals surface area contributed by atoms with Crippen LogP contribution in [0.5, 0.6) is 0 Å². The summed E-state index contributed by atoms with van der Waals surface area (Å²) in [6.45, 7) is 3.85. The summed E-state index contributed by atoms with van der Waals surface area (Å²) in [5, 5.41) is 19.4. The van der Waals surface area contributed by atoms with Gasteiger partial charge in [0, 0.05) is 17.1 Å². The van der Waals surface area contributed by atoms with Crippen molar-refractivity contribution in [3.05, 3.63) is 35.5 Å². The molecule has 1 aromatic carbocycles. The Labute approximate surface area is 99.1 Å². The van der Waals surface area contributed by atoms with Gasteiger partial charge in [0.05, 0.1) is 17.7 Å². The zero-order valence-electron chi connectivity index (χ0n) is 9.84. The molecular formula is C13H15NO3. The van der Waals surface area contributed by atoms with Crippen molar-refractivity contribution in [2.45, 2.75) is 26.5 Å². The number of carbonyl (C=O) groups is 1. The van der Waals surface area contributed by atoms with E-state index in [4.69, 9.17) is 0 Å². The monoisotopic (exact) mass is 233 g/mol. The largest absolute Gasteiger partial charge is 0.478 e. The van der Waals surface area contributed by atoms with Gasteiger partial charge in [0.2, 0.25) is 0 Å². The van der Waals surface area contributed by atoms with Crippen LogP contribution in [0.1, 0.15) is 35.9 Å². The summed E-state index contributed by atoms with van der Waals surface area (Å²) in [4.78, 5) is 11.2. The number of carboxylic acids is 1. The van der Waals surface area contributed by atoms with E-state index in [9.17, 15) is 15.0 Å². The number of benzene rings is 1.